The number of nitrogens with one attached hydrogen (secondary N) is 1. The number of ether oxygens (including phenoxy) is 1. The van der Waals surface area contributed by atoms with Gasteiger partial charge in [-0.3, -0.25) is 4.79 Å². The second-order valence-electron chi connectivity index (χ2n) is 4.99. The maximum atomic E-state index is 12.9. The van der Waals surface area contributed by atoms with Crippen molar-refractivity contribution in [1.82, 2.24) is 5.32 Å². The van der Waals surface area contributed by atoms with Crippen molar-refractivity contribution in [2.24, 2.45) is 0 Å². The maximum absolute atomic E-state index is 12.9. The predicted molar refractivity (Wildman–Crippen MR) is 75.6 cm³/mol. The maximum Gasteiger partial charge on any atom is 0.329 e. The van der Waals surface area contributed by atoms with Crippen LogP contribution in [0.25, 0.3) is 0 Å². The summed E-state index contributed by atoms with van der Waals surface area (Å²) in [4.78, 5) is 23.0. The van der Waals surface area contributed by atoms with Crippen molar-refractivity contribution in [2.75, 3.05) is 6.61 Å². The first kappa shape index (κ1) is 16.9. The lowest BCUT2D eigenvalue weighted by Gasteiger charge is -2.25. The van der Waals surface area contributed by atoms with Gasteiger partial charge in [-0.05, 0) is 25.5 Å². The molecule has 5 nitrogen and oxygen atoms in total. The molecule has 1 aromatic rings. The number of carbonyl (C=O) groups is 2. The normalized spacial score (nSPS) is 13.3. The SMILES string of the molecule is CCCC(C)(NC(=O)CCOc1cccc(F)c1)C(=O)O. The zero-order valence-electron chi connectivity index (χ0n) is 12.2. The lowest BCUT2D eigenvalue weighted by Crippen LogP contribution is -2.52. The van der Waals surface area contributed by atoms with E-state index in [-0.39, 0.29) is 13.0 Å². The average molecular weight is 297 g/mol. The van der Waals surface area contributed by atoms with Gasteiger partial charge in [0, 0.05) is 6.07 Å². The molecule has 0 spiro atoms. The summed E-state index contributed by atoms with van der Waals surface area (Å²) in [5.74, 6) is -1.57. The Bertz CT molecular complexity index is 506. The van der Waals surface area contributed by atoms with Crippen LogP contribution >= 0.6 is 0 Å². The van der Waals surface area contributed by atoms with Gasteiger partial charge < -0.3 is 15.2 Å². The third-order valence-corrected chi connectivity index (χ3v) is 3.03. The Labute approximate surface area is 123 Å². The van der Waals surface area contributed by atoms with Crippen LogP contribution in [0, 0.1) is 5.82 Å². The highest BCUT2D eigenvalue weighted by molar-refractivity contribution is 5.86. The second-order valence-corrected chi connectivity index (χ2v) is 4.99. The lowest BCUT2D eigenvalue weighted by atomic mass is 9.96. The van der Waals surface area contributed by atoms with Crippen LogP contribution in [0.3, 0.4) is 0 Å². The van der Waals surface area contributed by atoms with Crippen LogP contribution in [-0.4, -0.2) is 29.1 Å². The molecule has 1 unspecified atom stereocenters. The molecule has 0 aliphatic carbocycles. The number of amides is 1. The number of hydrogen-bond donors (Lipinski definition) is 2. The van der Waals surface area contributed by atoms with Gasteiger partial charge in [0.05, 0.1) is 13.0 Å². The second kappa shape index (κ2) is 7.61. The van der Waals surface area contributed by atoms with E-state index in [4.69, 9.17) is 9.84 Å². The highest BCUT2D eigenvalue weighted by Crippen LogP contribution is 2.14. The summed E-state index contributed by atoms with van der Waals surface area (Å²) in [5.41, 5.74) is -1.27. The molecule has 0 aliphatic heterocycles. The molecule has 0 heterocycles. The van der Waals surface area contributed by atoms with Gasteiger partial charge in [-0.1, -0.05) is 19.4 Å². The van der Waals surface area contributed by atoms with Crippen molar-refractivity contribution < 1.29 is 23.8 Å². The van der Waals surface area contributed by atoms with Crippen molar-refractivity contribution in [2.45, 2.75) is 38.6 Å². The van der Waals surface area contributed by atoms with Gasteiger partial charge in [0.2, 0.25) is 5.91 Å². The van der Waals surface area contributed by atoms with E-state index in [1.165, 1.54) is 25.1 Å². The van der Waals surface area contributed by atoms with Crippen LogP contribution in [-0.2, 0) is 9.59 Å². The van der Waals surface area contributed by atoms with E-state index in [1.807, 2.05) is 6.92 Å². The Morgan fingerprint density at radius 2 is 2.14 bits per heavy atom. The van der Waals surface area contributed by atoms with Crippen LogP contribution in [0.2, 0.25) is 0 Å². The van der Waals surface area contributed by atoms with Crippen LogP contribution < -0.4 is 10.1 Å². The molecule has 1 rings (SSSR count). The Morgan fingerprint density at radius 3 is 2.71 bits per heavy atom. The largest absolute Gasteiger partial charge is 0.493 e. The van der Waals surface area contributed by atoms with Gasteiger partial charge >= 0.3 is 5.97 Å². The molecule has 1 amide bonds. The number of carbonyl (C=O) groups excluding carboxylic acids is 1. The van der Waals surface area contributed by atoms with E-state index in [0.717, 1.165) is 0 Å². The van der Waals surface area contributed by atoms with Gasteiger partial charge in [0.25, 0.3) is 0 Å². The number of carboxylic acids is 1. The fourth-order valence-corrected chi connectivity index (χ4v) is 1.91. The fraction of sp³-hybridized carbons (Fsp3) is 0.467. The molecule has 0 bridgehead atoms. The standard InChI is InChI=1S/C15H20FNO4/c1-3-8-15(2,14(19)20)17-13(18)7-9-21-12-6-4-5-11(16)10-12/h4-6,10H,3,7-9H2,1-2H3,(H,17,18)(H,19,20). The first-order chi connectivity index (χ1) is 9.87. The van der Waals surface area contributed by atoms with Gasteiger partial charge in [-0.25, -0.2) is 9.18 Å². The van der Waals surface area contributed by atoms with Crippen LogP contribution in [0.4, 0.5) is 4.39 Å². The Kier molecular flexibility index (Phi) is 6.14. The molecule has 0 aromatic heterocycles. The third-order valence-electron chi connectivity index (χ3n) is 3.03. The average Bonchev–Trinajstić information content (AvgIpc) is 2.38. The lowest BCUT2D eigenvalue weighted by molar-refractivity contribution is -0.147. The van der Waals surface area contributed by atoms with Crippen molar-refractivity contribution in [3.05, 3.63) is 30.1 Å². The highest BCUT2D eigenvalue weighted by Gasteiger charge is 2.33. The van der Waals surface area contributed by atoms with Crippen LogP contribution in [0.1, 0.15) is 33.1 Å². The van der Waals surface area contributed by atoms with Gasteiger partial charge in [0.15, 0.2) is 0 Å². The molecule has 0 saturated carbocycles. The molecule has 0 aliphatic rings. The molecule has 2 N–H and O–H groups in total. The minimum absolute atomic E-state index is 0.00307. The molecule has 6 heteroatoms. The number of benzene rings is 1. The topological polar surface area (TPSA) is 75.6 Å². The number of hydrogen-bond acceptors (Lipinski definition) is 3. The number of rotatable bonds is 8. The van der Waals surface area contributed by atoms with Crippen molar-refractivity contribution in [1.29, 1.82) is 0 Å². The zero-order valence-corrected chi connectivity index (χ0v) is 12.2. The predicted octanol–water partition coefficient (Wildman–Crippen LogP) is 2.35. The fourth-order valence-electron chi connectivity index (χ4n) is 1.91. The number of carboxylic acid groups (broad SMARTS) is 1. The van der Waals surface area contributed by atoms with E-state index in [9.17, 15) is 14.0 Å². The minimum atomic E-state index is -1.27. The Hall–Kier alpha value is -2.11. The van der Waals surface area contributed by atoms with Gasteiger partial charge in [-0.15, -0.1) is 0 Å². The Balaban J connectivity index is 2.45. The third kappa shape index (κ3) is 5.41. The molecule has 0 saturated heterocycles. The van der Waals surface area contributed by atoms with Gasteiger partial charge in [-0.2, -0.15) is 0 Å². The summed E-state index contributed by atoms with van der Waals surface area (Å²) >= 11 is 0. The quantitative estimate of drug-likeness (QED) is 0.772. The van der Waals surface area contributed by atoms with E-state index in [1.54, 1.807) is 6.07 Å². The zero-order chi connectivity index (χ0) is 15.9. The molecule has 0 fully saturated rings. The van der Waals surface area contributed by atoms with Crippen molar-refractivity contribution in [3.63, 3.8) is 0 Å². The summed E-state index contributed by atoms with van der Waals surface area (Å²) in [7, 11) is 0. The summed E-state index contributed by atoms with van der Waals surface area (Å²) in [6, 6.07) is 5.60. The molecule has 116 valence electrons. The first-order valence-corrected chi connectivity index (χ1v) is 6.80. The summed E-state index contributed by atoms with van der Waals surface area (Å²) in [6.07, 6.45) is 0.991. The summed E-state index contributed by atoms with van der Waals surface area (Å²) in [6.45, 7) is 3.38. The van der Waals surface area contributed by atoms with Crippen LogP contribution in [0.15, 0.2) is 24.3 Å². The first-order valence-electron chi connectivity index (χ1n) is 6.80. The van der Waals surface area contributed by atoms with Crippen LogP contribution in [0.5, 0.6) is 5.75 Å². The summed E-state index contributed by atoms with van der Waals surface area (Å²) < 4.78 is 18.2. The van der Waals surface area contributed by atoms with Gasteiger partial charge in [0.1, 0.15) is 17.1 Å². The molecular weight excluding hydrogens is 277 g/mol. The van der Waals surface area contributed by atoms with E-state index in [2.05, 4.69) is 5.32 Å². The number of halogens is 1. The van der Waals surface area contributed by atoms with E-state index in [0.29, 0.717) is 18.6 Å². The van der Waals surface area contributed by atoms with Crippen molar-refractivity contribution >= 4 is 11.9 Å². The molecule has 0 radical (unpaired) electrons. The smallest absolute Gasteiger partial charge is 0.329 e. The monoisotopic (exact) mass is 297 g/mol. The molecule has 21 heavy (non-hydrogen) atoms. The van der Waals surface area contributed by atoms with E-state index < -0.39 is 23.2 Å². The Morgan fingerprint density at radius 1 is 1.43 bits per heavy atom. The summed E-state index contributed by atoms with van der Waals surface area (Å²) in [5, 5.41) is 11.7. The highest BCUT2D eigenvalue weighted by atomic mass is 19.1. The van der Waals surface area contributed by atoms with Crippen molar-refractivity contribution in [3.8, 4) is 5.75 Å². The molecular formula is C15H20FNO4. The molecule has 1 atom stereocenters. The minimum Gasteiger partial charge on any atom is -0.493 e. The number of aliphatic carboxylic acids is 1. The molecule has 1 aromatic carbocycles. The van der Waals surface area contributed by atoms with E-state index >= 15 is 0 Å².